The molecule has 0 aromatic heterocycles. The van der Waals surface area contributed by atoms with Crippen molar-refractivity contribution < 1.29 is 19.1 Å². The van der Waals surface area contributed by atoms with Crippen molar-refractivity contribution in [3.63, 3.8) is 0 Å². The lowest BCUT2D eigenvalue weighted by molar-refractivity contribution is 0.0925. The zero-order valence-electron chi connectivity index (χ0n) is 24.5. The van der Waals surface area contributed by atoms with Gasteiger partial charge in [-0.25, -0.2) is 4.90 Å². The fourth-order valence-corrected chi connectivity index (χ4v) is 5.42. The molecule has 1 aliphatic rings. The second-order valence-corrected chi connectivity index (χ2v) is 11.1. The quantitative estimate of drug-likeness (QED) is 0.208. The number of anilines is 1. The van der Waals surface area contributed by atoms with Crippen LogP contribution in [0.5, 0.6) is 17.2 Å². The Morgan fingerprint density at radius 2 is 1.37 bits per heavy atom. The molecular formula is C36H35NO4. The summed E-state index contributed by atoms with van der Waals surface area (Å²) in [5, 5.41) is 0. The molecule has 0 unspecified atom stereocenters. The summed E-state index contributed by atoms with van der Waals surface area (Å²) >= 11 is 0. The van der Waals surface area contributed by atoms with E-state index in [1.165, 1.54) is 10.5 Å². The topological polar surface area (TPSA) is 55.8 Å². The van der Waals surface area contributed by atoms with Crippen LogP contribution in [-0.2, 0) is 11.8 Å². The molecule has 1 heterocycles. The first kappa shape index (κ1) is 27.9. The van der Waals surface area contributed by atoms with Crippen LogP contribution in [0.2, 0.25) is 0 Å². The summed E-state index contributed by atoms with van der Waals surface area (Å²) in [6.07, 6.45) is 0.851. The summed E-state index contributed by atoms with van der Waals surface area (Å²) < 4.78 is 11.4. The Morgan fingerprint density at radius 3 is 1.93 bits per heavy atom. The molecule has 4 aromatic carbocycles. The molecule has 2 amide bonds. The number of amides is 2. The molecule has 1 aliphatic heterocycles. The monoisotopic (exact) mass is 545 g/mol. The average Bonchev–Trinajstić information content (AvgIpc) is 3.21. The SMILES string of the molecule is C=C(C)c1cc(CC)cc(C)c1N1C(=O)c2ccc(Oc3ccc(C(C)(C)c4ccc(OC)cc4)cc3)cc2C1=O. The highest BCUT2D eigenvalue weighted by Crippen LogP contribution is 2.39. The van der Waals surface area contributed by atoms with E-state index in [4.69, 9.17) is 9.47 Å². The first-order chi connectivity index (χ1) is 19.5. The number of carbonyl (C=O) groups excluding carboxylic acids is 2. The van der Waals surface area contributed by atoms with Gasteiger partial charge >= 0.3 is 0 Å². The highest BCUT2D eigenvalue weighted by atomic mass is 16.5. The predicted octanol–water partition coefficient (Wildman–Crippen LogP) is 8.52. The molecule has 41 heavy (non-hydrogen) atoms. The standard InChI is InChI=1S/C36H35NO4/c1-8-24-19-23(4)33(31(20-24)22(2)3)37-34(38)30-18-17-29(21-32(30)35(37)39)41-28-15-11-26(12-16-28)36(5,6)25-9-13-27(40-7)14-10-25/h9-21H,2,8H2,1,3-7H3. The average molecular weight is 546 g/mol. The Balaban J connectivity index is 1.40. The van der Waals surface area contributed by atoms with Crippen LogP contribution in [0.4, 0.5) is 5.69 Å². The molecular weight excluding hydrogens is 510 g/mol. The summed E-state index contributed by atoms with van der Waals surface area (Å²) in [5.41, 5.74) is 7.00. The van der Waals surface area contributed by atoms with Crippen LogP contribution in [0.15, 0.2) is 85.4 Å². The molecule has 0 spiro atoms. The second-order valence-electron chi connectivity index (χ2n) is 11.1. The van der Waals surface area contributed by atoms with Gasteiger partial charge in [0.25, 0.3) is 11.8 Å². The summed E-state index contributed by atoms with van der Waals surface area (Å²) in [5.74, 6) is 1.26. The Hall–Kier alpha value is -4.64. The van der Waals surface area contributed by atoms with Gasteiger partial charge < -0.3 is 9.47 Å². The van der Waals surface area contributed by atoms with E-state index >= 15 is 0 Å². The maximum atomic E-state index is 13.6. The van der Waals surface area contributed by atoms with Crippen LogP contribution in [0, 0.1) is 6.92 Å². The van der Waals surface area contributed by atoms with Crippen LogP contribution in [-0.4, -0.2) is 18.9 Å². The number of hydrogen-bond acceptors (Lipinski definition) is 4. The van der Waals surface area contributed by atoms with Crippen molar-refractivity contribution in [3.8, 4) is 17.2 Å². The molecule has 0 aliphatic carbocycles. The maximum absolute atomic E-state index is 13.6. The number of allylic oxidation sites excluding steroid dienone is 1. The van der Waals surface area contributed by atoms with Gasteiger partial charge in [-0.2, -0.15) is 0 Å². The third-order valence-electron chi connectivity index (χ3n) is 7.93. The fourth-order valence-electron chi connectivity index (χ4n) is 5.42. The van der Waals surface area contributed by atoms with Crippen molar-refractivity contribution >= 4 is 23.1 Å². The Kier molecular flexibility index (Phi) is 7.31. The minimum atomic E-state index is -0.359. The number of methoxy groups -OCH3 is 1. The smallest absolute Gasteiger partial charge is 0.266 e. The van der Waals surface area contributed by atoms with Gasteiger partial charge in [0.05, 0.1) is 23.9 Å². The Bertz CT molecular complexity index is 1660. The molecule has 208 valence electrons. The van der Waals surface area contributed by atoms with Crippen LogP contribution in [0.1, 0.15) is 76.2 Å². The molecule has 0 radical (unpaired) electrons. The summed E-state index contributed by atoms with van der Waals surface area (Å²) in [4.78, 5) is 28.4. The van der Waals surface area contributed by atoms with Crippen molar-refractivity contribution in [2.75, 3.05) is 12.0 Å². The molecule has 0 saturated heterocycles. The molecule has 0 bridgehead atoms. The first-order valence-electron chi connectivity index (χ1n) is 13.8. The number of rotatable bonds is 8. The van der Waals surface area contributed by atoms with Gasteiger partial charge in [0.2, 0.25) is 0 Å². The van der Waals surface area contributed by atoms with Crippen molar-refractivity contribution in [3.05, 3.63) is 124 Å². The van der Waals surface area contributed by atoms with Crippen molar-refractivity contribution in [1.82, 2.24) is 0 Å². The van der Waals surface area contributed by atoms with Gasteiger partial charge in [-0.3, -0.25) is 9.59 Å². The van der Waals surface area contributed by atoms with Gasteiger partial charge in [-0.15, -0.1) is 0 Å². The normalized spacial score (nSPS) is 12.9. The van der Waals surface area contributed by atoms with Gasteiger partial charge in [0.15, 0.2) is 0 Å². The molecule has 0 fully saturated rings. The van der Waals surface area contributed by atoms with Crippen molar-refractivity contribution in [2.45, 2.75) is 46.5 Å². The molecule has 0 atom stereocenters. The maximum Gasteiger partial charge on any atom is 0.266 e. The number of carbonyl (C=O) groups is 2. The van der Waals surface area contributed by atoms with Gasteiger partial charge in [0.1, 0.15) is 17.2 Å². The molecule has 5 heteroatoms. The van der Waals surface area contributed by atoms with Gasteiger partial charge in [0, 0.05) is 11.0 Å². The van der Waals surface area contributed by atoms with Crippen LogP contribution in [0.25, 0.3) is 5.57 Å². The Morgan fingerprint density at radius 1 is 0.805 bits per heavy atom. The number of aryl methyl sites for hydroxylation is 2. The summed E-state index contributed by atoms with van der Waals surface area (Å²) in [6.45, 7) is 14.4. The van der Waals surface area contributed by atoms with Crippen LogP contribution in [0.3, 0.4) is 0 Å². The molecule has 4 aromatic rings. The largest absolute Gasteiger partial charge is 0.497 e. The van der Waals surface area contributed by atoms with E-state index in [1.807, 2.05) is 62.4 Å². The second kappa shape index (κ2) is 10.7. The summed E-state index contributed by atoms with van der Waals surface area (Å²) in [7, 11) is 1.66. The van der Waals surface area contributed by atoms with Gasteiger partial charge in [-0.1, -0.05) is 57.7 Å². The molecule has 0 N–H and O–H groups in total. The molecule has 0 saturated carbocycles. The highest BCUT2D eigenvalue weighted by Gasteiger charge is 2.39. The number of benzene rings is 4. The minimum absolute atomic E-state index is 0.218. The molecule has 5 rings (SSSR count). The number of imide groups is 1. The summed E-state index contributed by atoms with van der Waals surface area (Å²) in [6, 6.07) is 25.1. The highest BCUT2D eigenvalue weighted by molar-refractivity contribution is 6.35. The van der Waals surface area contributed by atoms with E-state index < -0.39 is 0 Å². The third kappa shape index (κ3) is 5.04. The minimum Gasteiger partial charge on any atom is -0.497 e. The number of fused-ring (bicyclic) bond motifs is 1. The number of nitrogens with zero attached hydrogens (tertiary/aromatic N) is 1. The third-order valence-corrected chi connectivity index (χ3v) is 7.93. The van der Waals surface area contributed by atoms with E-state index in [0.717, 1.165) is 40.0 Å². The van der Waals surface area contributed by atoms with Crippen LogP contribution < -0.4 is 14.4 Å². The van der Waals surface area contributed by atoms with Crippen molar-refractivity contribution in [2.24, 2.45) is 0 Å². The number of ether oxygens (including phenoxy) is 2. The van der Waals surface area contributed by atoms with Crippen molar-refractivity contribution in [1.29, 1.82) is 0 Å². The fraction of sp³-hybridized carbons (Fsp3) is 0.222. The van der Waals surface area contributed by atoms with E-state index in [0.29, 0.717) is 28.3 Å². The number of hydrogen-bond donors (Lipinski definition) is 0. The van der Waals surface area contributed by atoms with E-state index in [-0.39, 0.29) is 17.2 Å². The van der Waals surface area contributed by atoms with E-state index in [9.17, 15) is 9.59 Å². The lowest BCUT2D eigenvalue weighted by Gasteiger charge is -2.26. The van der Waals surface area contributed by atoms with Gasteiger partial charge in [-0.05, 0) is 96.6 Å². The zero-order valence-corrected chi connectivity index (χ0v) is 24.5. The zero-order chi connectivity index (χ0) is 29.5. The van der Waals surface area contributed by atoms with Crippen LogP contribution >= 0.6 is 0 Å². The lowest BCUT2D eigenvalue weighted by Crippen LogP contribution is -2.31. The first-order valence-corrected chi connectivity index (χ1v) is 13.8. The molecule has 5 nitrogen and oxygen atoms in total. The van der Waals surface area contributed by atoms with E-state index in [2.05, 4.69) is 39.5 Å². The van der Waals surface area contributed by atoms with E-state index in [1.54, 1.807) is 25.3 Å². The Labute approximate surface area is 242 Å². The lowest BCUT2D eigenvalue weighted by atomic mass is 9.78. The predicted molar refractivity (Wildman–Crippen MR) is 164 cm³/mol.